The number of hydrogen-bond donors (Lipinski definition) is 0. The van der Waals surface area contributed by atoms with Crippen molar-refractivity contribution in [2.75, 3.05) is 0 Å². The Hall–Kier alpha value is -3.38. The van der Waals surface area contributed by atoms with Crippen molar-refractivity contribution in [2.24, 2.45) is 0 Å². The number of rotatable bonds is 4. The lowest BCUT2D eigenvalue weighted by atomic mass is 10.0. The van der Waals surface area contributed by atoms with E-state index >= 15 is 0 Å². The first-order valence-electron chi connectivity index (χ1n) is 7.89. The van der Waals surface area contributed by atoms with E-state index in [1.165, 1.54) is 11.3 Å². The minimum absolute atomic E-state index is 0.209. The van der Waals surface area contributed by atoms with Gasteiger partial charge in [0.2, 0.25) is 0 Å². The fourth-order valence-corrected chi connectivity index (χ4v) is 3.48. The molecule has 5 nitrogen and oxygen atoms in total. The summed E-state index contributed by atoms with van der Waals surface area (Å²) in [4.78, 5) is 33.5. The van der Waals surface area contributed by atoms with E-state index in [4.69, 9.17) is 0 Å². The molecule has 4 aromatic rings. The van der Waals surface area contributed by atoms with Crippen LogP contribution in [-0.4, -0.2) is 20.8 Å². The van der Waals surface area contributed by atoms with Crippen molar-refractivity contribution < 1.29 is 4.79 Å². The summed E-state index contributed by atoms with van der Waals surface area (Å²) in [6.45, 7) is 0. The Morgan fingerprint density at radius 3 is 2.69 bits per heavy atom. The predicted octanol–water partition coefficient (Wildman–Crippen LogP) is 3.84. The van der Waals surface area contributed by atoms with E-state index in [0.717, 1.165) is 17.5 Å². The number of aldehydes is 1. The van der Waals surface area contributed by atoms with Gasteiger partial charge >= 0.3 is 0 Å². The topological polar surface area (TPSA) is 64.8 Å². The normalized spacial score (nSPS) is 10.6. The van der Waals surface area contributed by atoms with E-state index < -0.39 is 0 Å². The molecule has 0 bridgehead atoms. The first kappa shape index (κ1) is 16.1. The summed E-state index contributed by atoms with van der Waals surface area (Å²) in [5, 5.41) is 1.81. The molecule has 0 saturated carbocycles. The fraction of sp³-hybridized carbons (Fsp3) is 0. The maximum atomic E-state index is 13.1. The van der Waals surface area contributed by atoms with E-state index in [0.29, 0.717) is 21.7 Å². The van der Waals surface area contributed by atoms with Crippen molar-refractivity contribution in [1.82, 2.24) is 14.5 Å². The standard InChI is InChI=1S/C20H13N3O2S/c24-13-19-16(6-9-26-19)17-10-14(18-5-1-2-8-22-18)12-23(20(17)25)15-4-3-7-21-11-15/h1-13H. The molecule has 26 heavy (non-hydrogen) atoms. The highest BCUT2D eigenvalue weighted by molar-refractivity contribution is 7.12. The molecule has 0 aliphatic carbocycles. The Morgan fingerprint density at radius 1 is 1.04 bits per heavy atom. The molecule has 0 spiro atoms. The molecule has 0 atom stereocenters. The Labute approximate surface area is 153 Å². The number of hydrogen-bond acceptors (Lipinski definition) is 5. The molecule has 4 aromatic heterocycles. The van der Waals surface area contributed by atoms with E-state index in [-0.39, 0.29) is 5.56 Å². The molecule has 4 heterocycles. The molecule has 0 unspecified atom stereocenters. The summed E-state index contributed by atoms with van der Waals surface area (Å²) in [6.07, 6.45) is 7.51. The van der Waals surface area contributed by atoms with Gasteiger partial charge in [-0.15, -0.1) is 11.3 Å². The van der Waals surface area contributed by atoms with E-state index in [2.05, 4.69) is 9.97 Å². The van der Waals surface area contributed by atoms with Gasteiger partial charge in [0.1, 0.15) is 0 Å². The highest BCUT2D eigenvalue weighted by Crippen LogP contribution is 2.28. The number of aromatic nitrogens is 3. The quantitative estimate of drug-likeness (QED) is 0.519. The molecular weight excluding hydrogens is 346 g/mol. The monoisotopic (exact) mass is 359 g/mol. The van der Waals surface area contributed by atoms with Crippen molar-refractivity contribution in [3.05, 3.63) is 87.9 Å². The number of nitrogens with zero attached hydrogens (tertiary/aromatic N) is 3. The van der Waals surface area contributed by atoms with Crippen LogP contribution in [0.4, 0.5) is 0 Å². The van der Waals surface area contributed by atoms with Crippen LogP contribution in [0.2, 0.25) is 0 Å². The maximum absolute atomic E-state index is 13.1. The Balaban J connectivity index is 2.02. The Morgan fingerprint density at radius 2 is 1.96 bits per heavy atom. The van der Waals surface area contributed by atoms with Gasteiger partial charge in [-0.3, -0.25) is 24.1 Å². The zero-order valence-electron chi connectivity index (χ0n) is 13.6. The second-order valence-electron chi connectivity index (χ2n) is 5.56. The Kier molecular flexibility index (Phi) is 4.25. The SMILES string of the molecule is O=Cc1sccc1-c1cc(-c2ccccn2)cn(-c2cccnc2)c1=O. The molecule has 0 fully saturated rings. The molecular formula is C20H13N3O2S. The lowest BCUT2D eigenvalue weighted by Crippen LogP contribution is -2.20. The van der Waals surface area contributed by atoms with E-state index in [9.17, 15) is 9.59 Å². The molecule has 0 saturated heterocycles. The van der Waals surface area contributed by atoms with Crippen LogP contribution in [0, 0.1) is 0 Å². The van der Waals surface area contributed by atoms with Crippen molar-refractivity contribution >= 4 is 17.6 Å². The lowest BCUT2D eigenvalue weighted by molar-refractivity contribution is 0.112. The third-order valence-corrected chi connectivity index (χ3v) is 4.84. The first-order valence-corrected chi connectivity index (χ1v) is 8.77. The number of carbonyl (C=O) groups is 1. The van der Waals surface area contributed by atoms with E-state index in [1.54, 1.807) is 52.9 Å². The average Bonchev–Trinajstić information content (AvgIpc) is 3.18. The molecule has 126 valence electrons. The van der Waals surface area contributed by atoms with Gasteiger partial charge in [0.05, 0.1) is 22.5 Å². The van der Waals surface area contributed by atoms with Crippen LogP contribution in [0.25, 0.3) is 28.1 Å². The third kappa shape index (κ3) is 2.87. The molecule has 0 aliphatic rings. The molecule has 0 aromatic carbocycles. The largest absolute Gasteiger partial charge is 0.297 e. The average molecular weight is 359 g/mol. The molecule has 0 radical (unpaired) electrons. The number of thiophene rings is 1. The van der Waals surface area contributed by atoms with Gasteiger partial charge in [0, 0.05) is 35.3 Å². The van der Waals surface area contributed by atoms with Crippen LogP contribution in [0.5, 0.6) is 0 Å². The summed E-state index contributed by atoms with van der Waals surface area (Å²) < 4.78 is 1.54. The number of carbonyl (C=O) groups excluding carboxylic acids is 1. The van der Waals surface area contributed by atoms with Gasteiger partial charge in [-0.05, 0) is 41.8 Å². The molecule has 4 rings (SSSR count). The van der Waals surface area contributed by atoms with Crippen LogP contribution in [0.1, 0.15) is 9.67 Å². The Bertz CT molecular complexity index is 1120. The van der Waals surface area contributed by atoms with Gasteiger partial charge in [0.25, 0.3) is 5.56 Å². The first-order chi connectivity index (χ1) is 12.8. The lowest BCUT2D eigenvalue weighted by Gasteiger charge is -2.11. The van der Waals surface area contributed by atoms with Crippen LogP contribution in [-0.2, 0) is 0 Å². The summed E-state index contributed by atoms with van der Waals surface area (Å²) in [7, 11) is 0. The highest BCUT2D eigenvalue weighted by Gasteiger charge is 2.15. The summed E-state index contributed by atoms with van der Waals surface area (Å²) in [5.41, 5.74) is 3.06. The van der Waals surface area contributed by atoms with Crippen LogP contribution >= 0.6 is 11.3 Å². The van der Waals surface area contributed by atoms with Crippen LogP contribution in [0.15, 0.2) is 77.4 Å². The zero-order chi connectivity index (χ0) is 17.9. The van der Waals surface area contributed by atoms with Gasteiger partial charge in [-0.1, -0.05) is 6.07 Å². The van der Waals surface area contributed by atoms with Crippen molar-refractivity contribution in [3.63, 3.8) is 0 Å². The van der Waals surface area contributed by atoms with Gasteiger partial charge in [-0.2, -0.15) is 0 Å². The van der Waals surface area contributed by atoms with Crippen molar-refractivity contribution in [3.8, 4) is 28.1 Å². The van der Waals surface area contributed by atoms with Crippen molar-refractivity contribution in [2.45, 2.75) is 0 Å². The van der Waals surface area contributed by atoms with Crippen molar-refractivity contribution in [1.29, 1.82) is 0 Å². The van der Waals surface area contributed by atoms with Gasteiger partial charge in [-0.25, -0.2) is 0 Å². The van der Waals surface area contributed by atoms with Gasteiger partial charge in [0.15, 0.2) is 6.29 Å². The molecule has 0 N–H and O–H groups in total. The molecule has 0 aliphatic heterocycles. The smallest absolute Gasteiger partial charge is 0.263 e. The fourth-order valence-electron chi connectivity index (χ4n) is 2.77. The van der Waals surface area contributed by atoms with Crippen LogP contribution < -0.4 is 5.56 Å². The molecule has 0 amide bonds. The second kappa shape index (κ2) is 6.85. The third-order valence-electron chi connectivity index (χ3n) is 3.99. The minimum atomic E-state index is -0.209. The minimum Gasteiger partial charge on any atom is -0.297 e. The summed E-state index contributed by atoms with van der Waals surface area (Å²) in [6, 6.07) is 12.8. The summed E-state index contributed by atoms with van der Waals surface area (Å²) in [5.74, 6) is 0. The maximum Gasteiger partial charge on any atom is 0.263 e. The second-order valence-corrected chi connectivity index (χ2v) is 6.51. The summed E-state index contributed by atoms with van der Waals surface area (Å²) >= 11 is 1.31. The predicted molar refractivity (Wildman–Crippen MR) is 102 cm³/mol. The molecule has 6 heteroatoms. The highest BCUT2D eigenvalue weighted by atomic mass is 32.1. The van der Waals surface area contributed by atoms with Gasteiger partial charge < -0.3 is 0 Å². The number of pyridine rings is 3. The van der Waals surface area contributed by atoms with E-state index in [1.807, 2.05) is 24.3 Å². The van der Waals surface area contributed by atoms with Crippen LogP contribution in [0.3, 0.4) is 0 Å². The zero-order valence-corrected chi connectivity index (χ0v) is 14.4.